The van der Waals surface area contributed by atoms with Crippen molar-refractivity contribution in [2.45, 2.75) is 77.5 Å². The SMILES string of the molecule is CCC(COC)NC(CNC(=O)OC(C)(C)C)C1CCCC1. The number of methoxy groups -OCH3 is 1. The van der Waals surface area contributed by atoms with Crippen LogP contribution in [0.2, 0.25) is 0 Å². The predicted molar refractivity (Wildman–Crippen MR) is 89.1 cm³/mol. The molecule has 0 saturated heterocycles. The normalized spacial score (nSPS) is 19.0. The van der Waals surface area contributed by atoms with Crippen molar-refractivity contribution in [1.82, 2.24) is 10.6 Å². The zero-order valence-electron chi connectivity index (χ0n) is 14.9. The fraction of sp³-hybridized carbons (Fsp3) is 0.941. The number of carbonyl (C=O) groups excluding carboxylic acids is 1. The molecule has 22 heavy (non-hydrogen) atoms. The molecule has 0 aromatic rings. The quantitative estimate of drug-likeness (QED) is 0.723. The lowest BCUT2D eigenvalue weighted by molar-refractivity contribution is 0.0515. The Balaban J connectivity index is 2.52. The minimum absolute atomic E-state index is 0.287. The molecule has 1 aliphatic rings. The second-order valence-electron chi connectivity index (χ2n) is 7.26. The van der Waals surface area contributed by atoms with Gasteiger partial charge in [-0.2, -0.15) is 0 Å². The number of alkyl carbamates (subject to hydrolysis) is 1. The molecule has 5 heteroatoms. The van der Waals surface area contributed by atoms with E-state index in [1.54, 1.807) is 7.11 Å². The Hall–Kier alpha value is -0.810. The molecule has 0 aromatic carbocycles. The maximum atomic E-state index is 11.9. The lowest BCUT2D eigenvalue weighted by Crippen LogP contribution is -2.50. The molecular weight excluding hydrogens is 280 g/mol. The molecule has 130 valence electrons. The topological polar surface area (TPSA) is 59.6 Å². The van der Waals surface area contributed by atoms with Gasteiger partial charge in [-0.3, -0.25) is 0 Å². The summed E-state index contributed by atoms with van der Waals surface area (Å²) >= 11 is 0. The van der Waals surface area contributed by atoms with Gasteiger partial charge in [0.15, 0.2) is 0 Å². The first kappa shape index (κ1) is 19.2. The molecule has 1 amide bonds. The van der Waals surface area contributed by atoms with Gasteiger partial charge in [-0.1, -0.05) is 19.8 Å². The number of ether oxygens (including phenoxy) is 2. The fourth-order valence-electron chi connectivity index (χ4n) is 3.02. The third-order valence-corrected chi connectivity index (χ3v) is 4.14. The van der Waals surface area contributed by atoms with Crippen molar-refractivity contribution in [3.63, 3.8) is 0 Å². The van der Waals surface area contributed by atoms with Crippen LogP contribution in [0.15, 0.2) is 0 Å². The molecule has 0 aromatic heterocycles. The molecule has 0 radical (unpaired) electrons. The van der Waals surface area contributed by atoms with Crippen molar-refractivity contribution in [1.29, 1.82) is 0 Å². The number of amides is 1. The summed E-state index contributed by atoms with van der Waals surface area (Å²) in [4.78, 5) is 11.9. The van der Waals surface area contributed by atoms with Crippen LogP contribution >= 0.6 is 0 Å². The van der Waals surface area contributed by atoms with Crippen LogP contribution in [0, 0.1) is 5.92 Å². The van der Waals surface area contributed by atoms with Gasteiger partial charge in [0.25, 0.3) is 0 Å². The highest BCUT2D eigenvalue weighted by molar-refractivity contribution is 5.67. The fourth-order valence-corrected chi connectivity index (χ4v) is 3.02. The summed E-state index contributed by atoms with van der Waals surface area (Å²) in [6.07, 6.45) is 5.72. The molecule has 0 aliphatic heterocycles. The lowest BCUT2D eigenvalue weighted by Gasteiger charge is -2.30. The van der Waals surface area contributed by atoms with E-state index < -0.39 is 5.60 Å². The Bertz CT molecular complexity index is 322. The summed E-state index contributed by atoms with van der Waals surface area (Å²) in [5.41, 5.74) is -0.456. The Morgan fingerprint density at radius 3 is 2.41 bits per heavy atom. The largest absolute Gasteiger partial charge is 0.444 e. The first-order valence-corrected chi connectivity index (χ1v) is 8.57. The van der Waals surface area contributed by atoms with Crippen LogP contribution in [0.1, 0.15) is 59.8 Å². The monoisotopic (exact) mass is 314 g/mol. The highest BCUT2D eigenvalue weighted by atomic mass is 16.6. The molecule has 1 fully saturated rings. The van der Waals surface area contributed by atoms with E-state index in [-0.39, 0.29) is 12.1 Å². The number of rotatable bonds is 8. The molecule has 0 heterocycles. The van der Waals surface area contributed by atoms with Gasteiger partial charge in [-0.05, 0) is 46.0 Å². The standard InChI is InChI=1S/C17H34N2O3/c1-6-14(12-21-5)19-15(13-9-7-8-10-13)11-18-16(20)22-17(2,3)4/h13-15,19H,6-12H2,1-5H3,(H,18,20). The van der Waals surface area contributed by atoms with Crippen molar-refractivity contribution in [3.05, 3.63) is 0 Å². The maximum Gasteiger partial charge on any atom is 0.407 e. The molecule has 5 nitrogen and oxygen atoms in total. The van der Waals surface area contributed by atoms with Crippen LogP contribution in [0.3, 0.4) is 0 Å². The first-order chi connectivity index (χ1) is 10.4. The van der Waals surface area contributed by atoms with Gasteiger partial charge in [-0.25, -0.2) is 4.79 Å². The van der Waals surface area contributed by atoms with E-state index in [1.165, 1.54) is 25.7 Å². The van der Waals surface area contributed by atoms with Gasteiger partial charge in [0, 0.05) is 25.7 Å². The molecule has 0 spiro atoms. The second-order valence-corrected chi connectivity index (χ2v) is 7.26. The Kier molecular flexibility index (Phi) is 8.18. The van der Waals surface area contributed by atoms with Crippen LogP contribution in [0.5, 0.6) is 0 Å². The summed E-state index contributed by atoms with van der Waals surface area (Å²) in [5, 5.41) is 6.59. The summed E-state index contributed by atoms with van der Waals surface area (Å²) < 4.78 is 10.6. The number of hydrogen-bond acceptors (Lipinski definition) is 4. The molecule has 2 atom stereocenters. The van der Waals surface area contributed by atoms with Gasteiger partial charge in [0.05, 0.1) is 6.61 Å². The van der Waals surface area contributed by atoms with Crippen LogP contribution in [0.4, 0.5) is 4.79 Å². The Labute approximate surface area is 135 Å². The summed E-state index contributed by atoms with van der Waals surface area (Å²) in [5.74, 6) is 0.626. The third kappa shape index (κ3) is 7.45. The first-order valence-electron chi connectivity index (χ1n) is 8.57. The molecule has 1 saturated carbocycles. The Morgan fingerprint density at radius 1 is 1.27 bits per heavy atom. The van der Waals surface area contributed by atoms with Crippen molar-refractivity contribution in [2.75, 3.05) is 20.3 Å². The highest BCUT2D eigenvalue weighted by Crippen LogP contribution is 2.28. The van der Waals surface area contributed by atoms with Crippen molar-refractivity contribution >= 4 is 6.09 Å². The van der Waals surface area contributed by atoms with E-state index in [0.717, 1.165) is 6.42 Å². The van der Waals surface area contributed by atoms with E-state index in [4.69, 9.17) is 9.47 Å². The summed E-state index contributed by atoms with van der Waals surface area (Å²) in [7, 11) is 1.73. The predicted octanol–water partition coefficient (Wildman–Crippen LogP) is 3.08. The van der Waals surface area contributed by atoms with E-state index in [9.17, 15) is 4.79 Å². The lowest BCUT2D eigenvalue weighted by atomic mass is 9.97. The van der Waals surface area contributed by atoms with Gasteiger partial charge < -0.3 is 20.1 Å². The molecule has 2 N–H and O–H groups in total. The van der Waals surface area contributed by atoms with Crippen LogP contribution < -0.4 is 10.6 Å². The minimum Gasteiger partial charge on any atom is -0.444 e. The average Bonchev–Trinajstić information content (AvgIpc) is 2.94. The number of carbonyl (C=O) groups is 1. The van der Waals surface area contributed by atoms with Crippen molar-refractivity contribution in [2.24, 2.45) is 5.92 Å². The van der Waals surface area contributed by atoms with Gasteiger partial charge >= 0.3 is 6.09 Å². The van der Waals surface area contributed by atoms with Crippen molar-refractivity contribution in [3.8, 4) is 0 Å². The number of nitrogens with one attached hydrogen (secondary N) is 2. The zero-order chi connectivity index (χ0) is 16.6. The maximum absolute atomic E-state index is 11.9. The molecule has 1 aliphatic carbocycles. The summed E-state index contributed by atoms with van der Waals surface area (Å²) in [6.45, 7) is 9.11. The summed E-state index contributed by atoms with van der Waals surface area (Å²) in [6, 6.07) is 0.617. The van der Waals surface area contributed by atoms with Crippen molar-refractivity contribution < 1.29 is 14.3 Å². The minimum atomic E-state index is -0.456. The van der Waals surface area contributed by atoms with E-state index >= 15 is 0 Å². The Morgan fingerprint density at radius 2 is 1.91 bits per heavy atom. The molecule has 2 unspecified atom stereocenters. The third-order valence-electron chi connectivity index (χ3n) is 4.14. The van der Waals surface area contributed by atoms with E-state index in [2.05, 4.69) is 17.6 Å². The average molecular weight is 314 g/mol. The van der Waals surface area contributed by atoms with Crippen LogP contribution in [-0.2, 0) is 9.47 Å². The highest BCUT2D eigenvalue weighted by Gasteiger charge is 2.27. The molecule has 1 rings (SSSR count). The van der Waals surface area contributed by atoms with Crippen LogP contribution in [0.25, 0.3) is 0 Å². The van der Waals surface area contributed by atoms with Crippen LogP contribution in [-0.4, -0.2) is 44.0 Å². The zero-order valence-corrected chi connectivity index (χ0v) is 14.9. The molecule has 0 bridgehead atoms. The second kappa shape index (κ2) is 9.36. The van der Waals surface area contributed by atoms with E-state index in [0.29, 0.717) is 25.1 Å². The van der Waals surface area contributed by atoms with Gasteiger partial charge in [-0.15, -0.1) is 0 Å². The van der Waals surface area contributed by atoms with Gasteiger partial charge in [0.1, 0.15) is 5.60 Å². The van der Waals surface area contributed by atoms with E-state index in [1.807, 2.05) is 20.8 Å². The van der Waals surface area contributed by atoms with Gasteiger partial charge in [0.2, 0.25) is 0 Å². The number of hydrogen-bond donors (Lipinski definition) is 2. The molecular formula is C17H34N2O3. The smallest absolute Gasteiger partial charge is 0.407 e.